The van der Waals surface area contributed by atoms with Gasteiger partial charge in [-0.3, -0.25) is 9.69 Å². The maximum atomic E-state index is 12.3. The van der Waals surface area contributed by atoms with Crippen LogP contribution in [0.25, 0.3) is 0 Å². The number of thioether (sulfide) groups is 1. The first-order valence-corrected chi connectivity index (χ1v) is 11.7. The average Bonchev–Trinajstić information content (AvgIpc) is 2.73. The number of benzene rings is 1. The number of carbonyl (C=O) groups excluding carboxylic acids is 1. The summed E-state index contributed by atoms with van der Waals surface area (Å²) in [6.07, 6.45) is 7.10. The predicted molar refractivity (Wildman–Crippen MR) is 119 cm³/mol. The Balaban J connectivity index is 1.44. The molecule has 1 saturated heterocycles. The molecule has 0 bridgehead atoms. The Morgan fingerprint density at radius 1 is 1.03 bits per heavy atom. The molecule has 156 valence electrons. The molecule has 0 saturated carbocycles. The zero-order valence-corrected chi connectivity index (χ0v) is 18.6. The minimum atomic E-state index is 0.0649. The van der Waals surface area contributed by atoms with E-state index in [9.17, 15) is 4.79 Å². The lowest BCUT2D eigenvalue weighted by Gasteiger charge is -2.26. The number of amides is 1. The summed E-state index contributed by atoms with van der Waals surface area (Å²) < 4.78 is 0. The molecule has 0 spiro atoms. The van der Waals surface area contributed by atoms with Gasteiger partial charge in [0.1, 0.15) is 0 Å². The molecule has 0 unspecified atom stereocenters. The van der Waals surface area contributed by atoms with Crippen LogP contribution in [0.2, 0.25) is 0 Å². The highest BCUT2D eigenvalue weighted by molar-refractivity contribution is 7.98. The zero-order chi connectivity index (χ0) is 20.6. The van der Waals surface area contributed by atoms with E-state index in [0.29, 0.717) is 19.4 Å². The molecule has 0 atom stereocenters. The van der Waals surface area contributed by atoms with Gasteiger partial charge in [0.25, 0.3) is 0 Å². The Labute approximate surface area is 178 Å². The Bertz CT molecular complexity index is 793. The molecule has 1 fully saturated rings. The van der Waals surface area contributed by atoms with Crippen molar-refractivity contribution in [3.8, 4) is 0 Å². The van der Waals surface area contributed by atoms with Gasteiger partial charge in [0.15, 0.2) is 5.16 Å². The minimum absolute atomic E-state index is 0.0649. The zero-order valence-electron chi connectivity index (χ0n) is 17.8. The van der Waals surface area contributed by atoms with Crippen molar-refractivity contribution in [3.05, 3.63) is 52.3 Å². The van der Waals surface area contributed by atoms with Gasteiger partial charge in [0, 0.05) is 30.9 Å². The highest BCUT2D eigenvalue weighted by Gasteiger charge is 2.12. The van der Waals surface area contributed by atoms with E-state index in [0.717, 1.165) is 34.2 Å². The molecular weight excluding hydrogens is 380 g/mol. The van der Waals surface area contributed by atoms with E-state index in [1.54, 1.807) is 11.8 Å². The van der Waals surface area contributed by atoms with Crippen LogP contribution in [0.3, 0.4) is 0 Å². The molecule has 1 amide bonds. The van der Waals surface area contributed by atoms with Crippen LogP contribution < -0.4 is 5.32 Å². The van der Waals surface area contributed by atoms with Gasteiger partial charge in [-0.15, -0.1) is 0 Å². The topological polar surface area (TPSA) is 58.1 Å². The van der Waals surface area contributed by atoms with E-state index >= 15 is 0 Å². The first-order valence-electron chi connectivity index (χ1n) is 10.5. The summed E-state index contributed by atoms with van der Waals surface area (Å²) >= 11 is 1.54. The van der Waals surface area contributed by atoms with Crippen molar-refractivity contribution in [1.29, 1.82) is 0 Å². The summed E-state index contributed by atoms with van der Waals surface area (Å²) in [7, 11) is 0. The van der Waals surface area contributed by atoms with Crippen molar-refractivity contribution < 1.29 is 4.79 Å². The van der Waals surface area contributed by atoms with Crippen LogP contribution in [0.1, 0.15) is 53.8 Å². The molecule has 0 aliphatic carbocycles. The van der Waals surface area contributed by atoms with Gasteiger partial charge >= 0.3 is 0 Å². The highest BCUT2D eigenvalue weighted by atomic mass is 32.2. The minimum Gasteiger partial charge on any atom is -0.352 e. The Morgan fingerprint density at radius 2 is 1.66 bits per heavy atom. The van der Waals surface area contributed by atoms with Crippen molar-refractivity contribution in [2.24, 2.45) is 0 Å². The molecule has 5 nitrogen and oxygen atoms in total. The number of nitrogens with zero attached hydrogens (tertiary/aromatic N) is 3. The van der Waals surface area contributed by atoms with Crippen LogP contribution >= 0.6 is 11.8 Å². The number of hydrogen-bond acceptors (Lipinski definition) is 5. The fourth-order valence-corrected chi connectivity index (χ4v) is 4.28. The van der Waals surface area contributed by atoms with E-state index in [2.05, 4.69) is 44.5 Å². The quantitative estimate of drug-likeness (QED) is 0.524. The highest BCUT2D eigenvalue weighted by Crippen LogP contribution is 2.17. The summed E-state index contributed by atoms with van der Waals surface area (Å²) in [5.74, 6) is 0.0649. The lowest BCUT2D eigenvalue weighted by atomic mass is 10.1. The molecule has 0 radical (unpaired) electrons. The lowest BCUT2D eigenvalue weighted by molar-refractivity contribution is -0.121. The van der Waals surface area contributed by atoms with Crippen LogP contribution in [0.15, 0.2) is 29.4 Å². The average molecular weight is 413 g/mol. The van der Waals surface area contributed by atoms with E-state index < -0.39 is 0 Å². The SMILES string of the molecule is CSc1nc(C)c(CCC(=O)NCc2ccc(CN3CCCCC3)cc2)c(C)n1. The maximum Gasteiger partial charge on any atom is 0.220 e. The van der Waals surface area contributed by atoms with Crippen LogP contribution in [0.5, 0.6) is 0 Å². The van der Waals surface area contributed by atoms with Crippen molar-refractivity contribution in [3.63, 3.8) is 0 Å². The smallest absolute Gasteiger partial charge is 0.220 e. The summed E-state index contributed by atoms with van der Waals surface area (Å²) in [6.45, 7) is 8.01. The number of likely N-dealkylation sites (tertiary alicyclic amines) is 1. The van der Waals surface area contributed by atoms with E-state index in [-0.39, 0.29) is 5.91 Å². The van der Waals surface area contributed by atoms with Crippen LogP contribution in [0.4, 0.5) is 0 Å². The third-order valence-electron chi connectivity index (χ3n) is 5.55. The third-order valence-corrected chi connectivity index (χ3v) is 6.10. The fraction of sp³-hybridized carbons (Fsp3) is 0.522. The number of aromatic nitrogens is 2. The Hall–Kier alpha value is -1.92. The van der Waals surface area contributed by atoms with Gasteiger partial charge in [-0.2, -0.15) is 0 Å². The lowest BCUT2D eigenvalue weighted by Crippen LogP contribution is -2.29. The third kappa shape index (κ3) is 6.54. The molecule has 6 heteroatoms. The maximum absolute atomic E-state index is 12.3. The molecule has 1 aliphatic rings. The number of rotatable bonds is 8. The van der Waals surface area contributed by atoms with Crippen molar-refractivity contribution in [2.45, 2.75) is 64.2 Å². The molecule has 1 N–H and O–H groups in total. The van der Waals surface area contributed by atoms with Gasteiger partial charge in [0.2, 0.25) is 5.91 Å². The van der Waals surface area contributed by atoms with E-state index in [4.69, 9.17) is 0 Å². The molecule has 1 aromatic heterocycles. The second-order valence-electron chi connectivity index (χ2n) is 7.79. The monoisotopic (exact) mass is 412 g/mol. The largest absolute Gasteiger partial charge is 0.352 e. The van der Waals surface area contributed by atoms with E-state index in [1.165, 1.54) is 37.9 Å². The van der Waals surface area contributed by atoms with Crippen LogP contribution in [-0.4, -0.2) is 40.1 Å². The van der Waals surface area contributed by atoms with Gasteiger partial charge in [0.05, 0.1) is 0 Å². The first-order chi connectivity index (χ1) is 14.0. The summed E-state index contributed by atoms with van der Waals surface area (Å²) in [5, 5.41) is 3.83. The normalized spacial score (nSPS) is 14.7. The van der Waals surface area contributed by atoms with Crippen molar-refractivity contribution >= 4 is 17.7 Å². The molecule has 3 rings (SSSR count). The number of piperidine rings is 1. The first kappa shape index (κ1) is 21.8. The van der Waals surface area contributed by atoms with Gasteiger partial charge < -0.3 is 5.32 Å². The summed E-state index contributed by atoms with van der Waals surface area (Å²) in [6, 6.07) is 8.63. The number of carbonyl (C=O) groups is 1. The molecule has 1 aromatic carbocycles. The number of aryl methyl sites for hydroxylation is 2. The summed E-state index contributed by atoms with van der Waals surface area (Å²) in [4.78, 5) is 23.8. The second kappa shape index (κ2) is 10.7. The second-order valence-corrected chi connectivity index (χ2v) is 8.56. The standard InChI is InChI=1S/C23H32N4OS/c1-17-21(18(2)26-23(25-17)29-3)11-12-22(28)24-15-19-7-9-20(10-8-19)16-27-13-5-4-6-14-27/h7-10H,4-6,11-16H2,1-3H3,(H,24,28). The number of nitrogens with one attached hydrogen (secondary N) is 1. The molecule has 29 heavy (non-hydrogen) atoms. The van der Waals surface area contributed by atoms with Crippen molar-refractivity contribution in [2.75, 3.05) is 19.3 Å². The molecule has 1 aliphatic heterocycles. The summed E-state index contributed by atoms with van der Waals surface area (Å²) in [5.41, 5.74) is 5.51. The number of hydrogen-bond donors (Lipinski definition) is 1. The Kier molecular flexibility index (Phi) is 8.07. The Morgan fingerprint density at radius 3 is 2.28 bits per heavy atom. The van der Waals surface area contributed by atoms with Gasteiger partial charge in [-0.1, -0.05) is 42.4 Å². The van der Waals surface area contributed by atoms with Gasteiger partial charge in [-0.25, -0.2) is 9.97 Å². The van der Waals surface area contributed by atoms with Crippen molar-refractivity contribution in [1.82, 2.24) is 20.2 Å². The molecule has 2 aromatic rings. The van der Waals surface area contributed by atoms with E-state index in [1.807, 2.05) is 20.1 Å². The predicted octanol–water partition coefficient (Wildman–Crippen LogP) is 4.05. The molecular formula is C23H32N4OS. The molecule has 2 heterocycles. The van der Waals surface area contributed by atoms with Gasteiger partial charge in [-0.05, 0) is 69.1 Å². The van der Waals surface area contributed by atoms with Crippen LogP contribution in [-0.2, 0) is 24.3 Å². The fourth-order valence-electron chi connectivity index (χ4n) is 3.83. The van der Waals surface area contributed by atoms with Crippen LogP contribution in [0, 0.1) is 13.8 Å².